The summed E-state index contributed by atoms with van der Waals surface area (Å²) in [5.74, 6) is 0.0364. The lowest BCUT2D eigenvalue weighted by molar-refractivity contribution is -0.227. The Labute approximate surface area is 203 Å². The minimum absolute atomic E-state index is 0.0519. The molecule has 33 heavy (non-hydrogen) atoms. The standard InChI is InChI=1S/C27H39ClO5/c1-27(2,32-4)33-24-16-20-14-18(10-8-9-13-25(29)31-3)15-21(20)22(24)17-23(28)26(30)19-11-6-5-7-12-19/h8,10,14,17,19-22,24H,5-7,9,11-13,15-16H2,1-4H3. The summed E-state index contributed by atoms with van der Waals surface area (Å²) in [6.45, 7) is 3.84. The van der Waals surface area contributed by atoms with Crippen LogP contribution in [0.25, 0.3) is 0 Å². The smallest absolute Gasteiger partial charge is 0.305 e. The second kappa shape index (κ2) is 11.8. The van der Waals surface area contributed by atoms with Crippen molar-refractivity contribution < 1.29 is 23.8 Å². The Morgan fingerprint density at radius 2 is 1.91 bits per heavy atom. The van der Waals surface area contributed by atoms with Crippen LogP contribution in [0.1, 0.15) is 71.6 Å². The number of ether oxygens (including phenoxy) is 3. The average Bonchev–Trinajstić information content (AvgIpc) is 3.34. The van der Waals surface area contributed by atoms with E-state index in [2.05, 4.69) is 12.2 Å². The van der Waals surface area contributed by atoms with E-state index in [1.807, 2.05) is 26.0 Å². The Bertz CT molecular complexity index is 790. The van der Waals surface area contributed by atoms with Crippen LogP contribution >= 0.6 is 11.6 Å². The van der Waals surface area contributed by atoms with E-state index in [1.165, 1.54) is 19.1 Å². The quantitative estimate of drug-likeness (QED) is 0.215. The fraction of sp³-hybridized carbons (Fsp3) is 0.704. The van der Waals surface area contributed by atoms with Crippen molar-refractivity contribution >= 4 is 23.4 Å². The molecule has 5 nitrogen and oxygen atoms in total. The van der Waals surface area contributed by atoms with Gasteiger partial charge in [-0.1, -0.05) is 60.7 Å². The second-order valence-electron chi connectivity index (χ2n) is 10.1. The van der Waals surface area contributed by atoms with Gasteiger partial charge in [0.2, 0.25) is 0 Å². The highest BCUT2D eigenvalue weighted by Gasteiger charge is 2.46. The lowest BCUT2D eigenvalue weighted by atomic mass is 9.84. The topological polar surface area (TPSA) is 61.8 Å². The van der Waals surface area contributed by atoms with Crippen molar-refractivity contribution in [2.45, 2.75) is 83.5 Å². The van der Waals surface area contributed by atoms with Crippen LogP contribution in [0, 0.1) is 23.7 Å². The monoisotopic (exact) mass is 478 g/mol. The number of halogens is 1. The minimum Gasteiger partial charge on any atom is -0.469 e. The molecule has 4 atom stereocenters. The van der Waals surface area contributed by atoms with Gasteiger partial charge >= 0.3 is 5.97 Å². The number of Topliss-reactive ketones (excluding diaryl/α,β-unsaturated/α-hetero) is 1. The number of methoxy groups -OCH3 is 2. The fourth-order valence-electron chi connectivity index (χ4n) is 5.50. The number of hydrogen-bond donors (Lipinski definition) is 0. The first-order valence-corrected chi connectivity index (χ1v) is 12.7. The number of ketones is 1. The van der Waals surface area contributed by atoms with Gasteiger partial charge in [0.1, 0.15) is 0 Å². The minimum atomic E-state index is -0.699. The molecule has 4 unspecified atom stereocenters. The molecule has 2 fully saturated rings. The number of allylic oxidation sites excluding steroid dienone is 5. The molecule has 0 aromatic rings. The SMILES string of the molecule is COC(=O)CCC=CC1=CC2CC(OC(C)(C)OC)C(C=C(Cl)C(=O)C3CCCCC3)C2C1. The van der Waals surface area contributed by atoms with E-state index in [0.717, 1.165) is 38.5 Å². The summed E-state index contributed by atoms with van der Waals surface area (Å²) in [6, 6.07) is 0. The number of fused-ring (bicyclic) bond motifs is 1. The molecule has 184 valence electrons. The summed E-state index contributed by atoms with van der Waals surface area (Å²) in [4.78, 5) is 24.3. The van der Waals surface area contributed by atoms with Gasteiger partial charge in [-0.15, -0.1) is 0 Å². The lowest BCUT2D eigenvalue weighted by Crippen LogP contribution is -2.35. The first-order chi connectivity index (χ1) is 15.7. The van der Waals surface area contributed by atoms with Crippen LogP contribution < -0.4 is 0 Å². The molecule has 3 aliphatic rings. The third kappa shape index (κ3) is 7.03. The second-order valence-corrected chi connectivity index (χ2v) is 10.5. The van der Waals surface area contributed by atoms with E-state index in [-0.39, 0.29) is 29.7 Å². The summed E-state index contributed by atoms with van der Waals surface area (Å²) in [5.41, 5.74) is 1.27. The zero-order valence-electron chi connectivity index (χ0n) is 20.5. The van der Waals surface area contributed by atoms with Gasteiger partial charge in [0.15, 0.2) is 11.6 Å². The first-order valence-electron chi connectivity index (χ1n) is 12.3. The number of carbonyl (C=O) groups excluding carboxylic acids is 2. The molecule has 0 bridgehead atoms. The van der Waals surface area contributed by atoms with Gasteiger partial charge < -0.3 is 14.2 Å². The van der Waals surface area contributed by atoms with Crippen LogP contribution in [0.2, 0.25) is 0 Å². The largest absolute Gasteiger partial charge is 0.469 e. The summed E-state index contributed by atoms with van der Waals surface area (Å²) >= 11 is 6.64. The van der Waals surface area contributed by atoms with E-state index in [9.17, 15) is 9.59 Å². The van der Waals surface area contributed by atoms with Gasteiger partial charge in [-0.3, -0.25) is 9.59 Å². The summed E-state index contributed by atoms with van der Waals surface area (Å²) in [7, 11) is 3.06. The van der Waals surface area contributed by atoms with E-state index in [0.29, 0.717) is 29.7 Å². The molecular formula is C27H39ClO5. The number of rotatable bonds is 10. The molecule has 3 aliphatic carbocycles. The van der Waals surface area contributed by atoms with Crippen LogP contribution in [0.4, 0.5) is 0 Å². The lowest BCUT2D eigenvalue weighted by Gasteiger charge is -2.31. The predicted octanol–water partition coefficient (Wildman–Crippen LogP) is 6.12. The molecule has 6 heteroatoms. The number of carbonyl (C=O) groups is 2. The molecule has 3 rings (SSSR count). The molecule has 0 aromatic carbocycles. The third-order valence-corrected chi connectivity index (χ3v) is 7.74. The van der Waals surface area contributed by atoms with Gasteiger partial charge in [0.05, 0.1) is 18.2 Å². The maximum Gasteiger partial charge on any atom is 0.305 e. The van der Waals surface area contributed by atoms with Crippen LogP contribution in [0.5, 0.6) is 0 Å². The van der Waals surface area contributed by atoms with Gasteiger partial charge in [-0.25, -0.2) is 0 Å². The van der Waals surface area contributed by atoms with E-state index >= 15 is 0 Å². The van der Waals surface area contributed by atoms with Gasteiger partial charge in [0.25, 0.3) is 0 Å². The Morgan fingerprint density at radius 3 is 2.58 bits per heavy atom. The fourth-order valence-corrected chi connectivity index (χ4v) is 5.80. The molecule has 0 radical (unpaired) electrons. The summed E-state index contributed by atoms with van der Waals surface area (Å²) < 4.78 is 16.6. The van der Waals surface area contributed by atoms with Gasteiger partial charge in [-0.05, 0) is 57.8 Å². The Balaban J connectivity index is 1.72. The summed E-state index contributed by atoms with van der Waals surface area (Å²) in [5, 5.41) is 0.374. The number of hydrogen-bond acceptors (Lipinski definition) is 5. The molecule has 0 spiro atoms. The average molecular weight is 479 g/mol. The predicted molar refractivity (Wildman–Crippen MR) is 130 cm³/mol. The first kappa shape index (κ1) is 26.2. The Hall–Kier alpha value is -1.43. The van der Waals surface area contributed by atoms with E-state index < -0.39 is 5.79 Å². The Kier molecular flexibility index (Phi) is 9.37. The highest BCUT2D eigenvalue weighted by atomic mass is 35.5. The zero-order chi connectivity index (χ0) is 24.0. The van der Waals surface area contributed by atoms with Gasteiger partial charge in [0, 0.05) is 25.4 Å². The molecule has 0 aliphatic heterocycles. The van der Waals surface area contributed by atoms with Crippen molar-refractivity contribution in [3.05, 3.63) is 34.9 Å². The Morgan fingerprint density at radius 1 is 1.18 bits per heavy atom. The van der Waals surface area contributed by atoms with Crippen LogP contribution in [0.15, 0.2) is 34.9 Å². The van der Waals surface area contributed by atoms with E-state index in [1.54, 1.807) is 7.11 Å². The van der Waals surface area contributed by atoms with Crippen LogP contribution in [-0.4, -0.2) is 37.9 Å². The molecular weight excluding hydrogens is 440 g/mol. The molecule has 0 saturated heterocycles. The maximum atomic E-state index is 13.0. The normalized spacial score (nSPS) is 28.8. The van der Waals surface area contributed by atoms with Crippen molar-refractivity contribution in [2.24, 2.45) is 23.7 Å². The number of esters is 1. The van der Waals surface area contributed by atoms with Crippen LogP contribution in [0.3, 0.4) is 0 Å². The van der Waals surface area contributed by atoms with Crippen molar-refractivity contribution in [1.82, 2.24) is 0 Å². The van der Waals surface area contributed by atoms with Crippen molar-refractivity contribution in [1.29, 1.82) is 0 Å². The molecule has 0 aromatic heterocycles. The summed E-state index contributed by atoms with van der Waals surface area (Å²) in [6.07, 6.45) is 16.6. The molecule has 0 N–H and O–H groups in total. The molecule has 2 saturated carbocycles. The molecule has 0 heterocycles. The highest BCUT2D eigenvalue weighted by Crippen LogP contribution is 2.50. The van der Waals surface area contributed by atoms with Crippen molar-refractivity contribution in [2.75, 3.05) is 14.2 Å². The van der Waals surface area contributed by atoms with Gasteiger partial charge in [-0.2, -0.15) is 0 Å². The van der Waals surface area contributed by atoms with Crippen molar-refractivity contribution in [3.63, 3.8) is 0 Å². The third-order valence-electron chi connectivity index (χ3n) is 7.43. The highest BCUT2D eigenvalue weighted by molar-refractivity contribution is 6.42. The van der Waals surface area contributed by atoms with E-state index in [4.69, 9.17) is 25.8 Å². The molecule has 0 amide bonds. The van der Waals surface area contributed by atoms with Crippen LogP contribution in [-0.2, 0) is 23.8 Å². The zero-order valence-corrected chi connectivity index (χ0v) is 21.2. The maximum absolute atomic E-state index is 13.0. The van der Waals surface area contributed by atoms with Crippen molar-refractivity contribution in [3.8, 4) is 0 Å².